The first-order valence-electron chi connectivity index (χ1n) is 22.3. The van der Waals surface area contributed by atoms with Crippen LogP contribution in [0.2, 0.25) is 0 Å². The second kappa shape index (κ2) is 10.8. The molecule has 0 bridgehead atoms. The monoisotopic (exact) mass is 793 g/mol. The molecule has 8 aliphatic heterocycles. The smallest absolute Gasteiger partial charge is 0.252 e. The van der Waals surface area contributed by atoms with Crippen LogP contribution in [0.4, 0.5) is 73.9 Å². The second-order valence-electron chi connectivity index (χ2n) is 18.4. The van der Waals surface area contributed by atoms with Gasteiger partial charge >= 0.3 is 0 Å². The number of hydrogen-bond acceptors (Lipinski definition) is 5. The average molecular weight is 793 g/mol. The molecule has 0 aromatic heterocycles. The van der Waals surface area contributed by atoms with Gasteiger partial charge in [0.2, 0.25) is 0 Å². The van der Waals surface area contributed by atoms with Gasteiger partial charge < -0.3 is 25.3 Å². The van der Waals surface area contributed by atoms with Crippen LogP contribution in [0.15, 0.2) is 176 Å². The van der Waals surface area contributed by atoms with Crippen LogP contribution in [0, 0.1) is 0 Å². The lowest BCUT2D eigenvalue weighted by molar-refractivity contribution is 1.25. The van der Waals surface area contributed by atoms with Gasteiger partial charge in [-0.25, -0.2) is 0 Å². The Balaban J connectivity index is 0.949. The zero-order chi connectivity index (χ0) is 40.4. The van der Waals surface area contributed by atoms with E-state index in [1.165, 1.54) is 139 Å². The molecule has 0 amide bonds. The lowest BCUT2D eigenvalue weighted by atomic mass is 9.26. The normalized spacial score (nSPS) is 15.3. The van der Waals surface area contributed by atoms with Crippen molar-refractivity contribution < 1.29 is 0 Å². The Morgan fingerprint density at radius 3 is 0.857 bits per heavy atom. The number of rotatable bonds is 0. The van der Waals surface area contributed by atoms with Crippen molar-refractivity contribution in [1.82, 2.24) is 0 Å². The Bertz CT molecular complexity index is 3450. The Kier molecular flexibility index (Phi) is 5.50. The number of para-hydroxylation sites is 5. The summed E-state index contributed by atoms with van der Waals surface area (Å²) in [7, 11) is 0. The van der Waals surface area contributed by atoms with E-state index < -0.39 is 0 Å². The standard InChI is InChI=1S/C54H31B4N5/c1-3-20-38-30(12-1)55-32-14-5-16-34-52(32)61(42-24-8-22-40(59-38)48(42)55)44-26-10-28-46-50(44)57(34)36-18-7-19-37-54(36)63(46)47-29-11-27-45-51(47)58(37)35-17-6-15-33-53(35)62(45)43-25-9-23-41-49(43)56(33)31-13-2-4-21-39(31)60-41/h1-29,59-60H. The molecular weight excluding hydrogens is 762 g/mol. The first kappa shape index (κ1) is 32.0. The molecule has 284 valence electrons. The topological polar surface area (TPSA) is 33.8 Å². The fourth-order valence-electron chi connectivity index (χ4n) is 13.7. The lowest BCUT2D eigenvalue weighted by Gasteiger charge is -2.52. The van der Waals surface area contributed by atoms with Crippen molar-refractivity contribution >= 4 is 166 Å². The number of benzene rings is 9. The summed E-state index contributed by atoms with van der Waals surface area (Å²) < 4.78 is 0. The molecule has 0 radical (unpaired) electrons. The van der Waals surface area contributed by atoms with Crippen molar-refractivity contribution in [1.29, 1.82) is 0 Å². The van der Waals surface area contributed by atoms with Gasteiger partial charge in [-0.1, -0.05) is 115 Å². The van der Waals surface area contributed by atoms with Gasteiger partial charge in [-0.2, -0.15) is 0 Å². The van der Waals surface area contributed by atoms with Crippen molar-refractivity contribution in [3.05, 3.63) is 176 Å². The fraction of sp³-hybridized carbons (Fsp3) is 0. The average Bonchev–Trinajstić information content (AvgIpc) is 3.33. The highest BCUT2D eigenvalue weighted by molar-refractivity contribution is 7.07. The van der Waals surface area contributed by atoms with Crippen LogP contribution in [-0.2, 0) is 0 Å². The molecule has 0 fully saturated rings. The fourth-order valence-corrected chi connectivity index (χ4v) is 13.7. The molecule has 0 spiro atoms. The summed E-state index contributed by atoms with van der Waals surface area (Å²) in [6, 6.07) is 67.2. The third kappa shape index (κ3) is 3.55. The van der Waals surface area contributed by atoms with Crippen LogP contribution in [0.3, 0.4) is 0 Å². The Hall–Kier alpha value is -7.76. The maximum atomic E-state index is 3.83. The molecular formula is C54H31B4N5. The van der Waals surface area contributed by atoms with Crippen LogP contribution in [0.25, 0.3) is 0 Å². The molecule has 63 heavy (non-hydrogen) atoms. The van der Waals surface area contributed by atoms with Gasteiger partial charge in [-0.15, -0.1) is 0 Å². The highest BCUT2D eigenvalue weighted by Crippen LogP contribution is 2.49. The Morgan fingerprint density at radius 2 is 0.492 bits per heavy atom. The van der Waals surface area contributed by atoms with Crippen molar-refractivity contribution in [2.24, 2.45) is 0 Å². The van der Waals surface area contributed by atoms with Crippen LogP contribution < -0.4 is 90.9 Å². The predicted molar refractivity (Wildman–Crippen MR) is 269 cm³/mol. The first-order chi connectivity index (χ1) is 31.3. The van der Waals surface area contributed by atoms with Gasteiger partial charge in [0.15, 0.2) is 0 Å². The number of hydrogen-bond donors (Lipinski definition) is 2. The van der Waals surface area contributed by atoms with E-state index in [-0.39, 0.29) is 26.9 Å². The highest BCUT2D eigenvalue weighted by Gasteiger charge is 2.54. The Labute approximate surface area is 366 Å². The summed E-state index contributed by atoms with van der Waals surface area (Å²) >= 11 is 0. The minimum absolute atomic E-state index is 0.0707. The number of nitrogens with one attached hydrogen (secondary N) is 2. The SMILES string of the molecule is c1ccc2c(c1)Nc1cccc3c1B2c1cccc2c1N3c1cccc3c1B2c1cccc2c1N3c1cccc3c1B2c1cccc2c1N3c1cccc3c1B2c1ccccc1N3. The van der Waals surface area contributed by atoms with Crippen LogP contribution in [0.5, 0.6) is 0 Å². The molecule has 0 unspecified atom stereocenters. The maximum absolute atomic E-state index is 3.83. The van der Waals surface area contributed by atoms with E-state index in [2.05, 4.69) is 201 Å². The molecule has 0 atom stereocenters. The molecule has 0 aliphatic carbocycles. The summed E-state index contributed by atoms with van der Waals surface area (Å²) in [5.41, 5.74) is 32.9. The van der Waals surface area contributed by atoms with Crippen LogP contribution >= 0.6 is 0 Å². The summed E-state index contributed by atoms with van der Waals surface area (Å²) in [4.78, 5) is 7.87. The van der Waals surface area contributed by atoms with Crippen molar-refractivity contribution in [3.8, 4) is 0 Å². The van der Waals surface area contributed by atoms with Crippen molar-refractivity contribution in [2.45, 2.75) is 0 Å². The van der Waals surface area contributed by atoms with E-state index in [0.717, 1.165) is 0 Å². The molecule has 9 aromatic rings. The summed E-state index contributed by atoms with van der Waals surface area (Å²) in [6.07, 6.45) is 0. The molecule has 17 rings (SSSR count). The number of fused-ring (bicyclic) bond motifs is 16. The van der Waals surface area contributed by atoms with Gasteiger partial charge in [0.1, 0.15) is 0 Å². The highest BCUT2D eigenvalue weighted by atomic mass is 15.2. The number of nitrogens with zero attached hydrogens (tertiary/aromatic N) is 3. The summed E-state index contributed by atoms with van der Waals surface area (Å²) in [5, 5.41) is 7.66. The van der Waals surface area contributed by atoms with Crippen molar-refractivity contribution in [3.63, 3.8) is 0 Å². The van der Waals surface area contributed by atoms with Gasteiger partial charge in [0, 0.05) is 73.9 Å². The molecule has 5 nitrogen and oxygen atoms in total. The molecule has 2 N–H and O–H groups in total. The molecule has 8 heterocycles. The molecule has 9 aromatic carbocycles. The molecule has 9 heteroatoms. The van der Waals surface area contributed by atoms with Gasteiger partial charge in [-0.3, -0.25) is 0 Å². The predicted octanol–water partition coefficient (Wildman–Crippen LogP) is 4.16. The van der Waals surface area contributed by atoms with Gasteiger partial charge in [0.05, 0.1) is 0 Å². The summed E-state index contributed by atoms with van der Waals surface area (Å²) in [5.74, 6) is 0. The minimum Gasteiger partial charge on any atom is -0.356 e. The largest absolute Gasteiger partial charge is 0.356 e. The molecule has 0 saturated heterocycles. The lowest BCUT2D eigenvalue weighted by Crippen LogP contribution is -2.71. The summed E-state index contributed by atoms with van der Waals surface area (Å²) in [6.45, 7) is 0.423. The van der Waals surface area contributed by atoms with Gasteiger partial charge in [-0.05, 0) is 126 Å². The van der Waals surface area contributed by atoms with E-state index in [9.17, 15) is 0 Å². The van der Waals surface area contributed by atoms with Crippen LogP contribution in [-0.4, -0.2) is 26.9 Å². The van der Waals surface area contributed by atoms with Crippen LogP contribution in [0.1, 0.15) is 0 Å². The number of anilines is 13. The maximum Gasteiger partial charge on any atom is 0.252 e. The first-order valence-corrected chi connectivity index (χ1v) is 22.3. The third-order valence-electron chi connectivity index (χ3n) is 15.8. The third-order valence-corrected chi connectivity index (χ3v) is 15.8. The molecule has 8 aliphatic rings. The zero-order valence-corrected chi connectivity index (χ0v) is 33.9. The second-order valence-corrected chi connectivity index (χ2v) is 18.4. The van der Waals surface area contributed by atoms with Crippen molar-refractivity contribution in [2.75, 3.05) is 25.3 Å². The zero-order valence-electron chi connectivity index (χ0n) is 33.9. The van der Waals surface area contributed by atoms with E-state index in [1.54, 1.807) is 0 Å². The quantitative estimate of drug-likeness (QED) is 0.226. The van der Waals surface area contributed by atoms with Gasteiger partial charge in [0.25, 0.3) is 26.9 Å². The van der Waals surface area contributed by atoms with E-state index in [4.69, 9.17) is 0 Å². The molecule has 0 saturated carbocycles. The van der Waals surface area contributed by atoms with E-state index in [1.807, 2.05) is 0 Å². The van der Waals surface area contributed by atoms with E-state index >= 15 is 0 Å². The Morgan fingerprint density at radius 1 is 0.238 bits per heavy atom. The minimum atomic E-state index is 0.0707. The van der Waals surface area contributed by atoms with E-state index in [0.29, 0.717) is 0 Å².